The second kappa shape index (κ2) is 2.71. The molecule has 74 valence electrons. The molecule has 13 heavy (non-hydrogen) atoms. The van der Waals surface area contributed by atoms with Gasteiger partial charge in [0.05, 0.1) is 6.04 Å². The van der Waals surface area contributed by atoms with Crippen LogP contribution >= 0.6 is 0 Å². The normalized spacial score (nSPS) is 40.7. The van der Waals surface area contributed by atoms with Crippen molar-refractivity contribution in [2.24, 2.45) is 11.3 Å². The molecule has 0 aromatic carbocycles. The summed E-state index contributed by atoms with van der Waals surface area (Å²) in [5.74, 6) is 0.873. The summed E-state index contributed by atoms with van der Waals surface area (Å²) in [6.45, 7) is 7.38. The Hall–Kier alpha value is -0.570. The number of rotatable bonds is 2. The van der Waals surface area contributed by atoms with Gasteiger partial charge in [0.2, 0.25) is 5.91 Å². The predicted octanol–water partition coefficient (Wildman–Crippen LogP) is 0.509. The van der Waals surface area contributed by atoms with E-state index in [0.29, 0.717) is 12.0 Å². The third-order valence-electron chi connectivity index (χ3n) is 3.24. The summed E-state index contributed by atoms with van der Waals surface area (Å²) >= 11 is 0. The number of nitrogens with one attached hydrogen (secondary N) is 2. The molecule has 1 heterocycles. The molecule has 2 rings (SSSR count). The predicted molar refractivity (Wildman–Crippen MR) is 51.3 cm³/mol. The summed E-state index contributed by atoms with van der Waals surface area (Å²) in [5.41, 5.74) is 0.141. The maximum Gasteiger partial charge on any atom is 0.237 e. The molecule has 1 aliphatic carbocycles. The molecule has 0 bridgehead atoms. The van der Waals surface area contributed by atoms with E-state index in [2.05, 4.69) is 31.4 Å². The lowest BCUT2D eigenvalue weighted by Gasteiger charge is -2.44. The van der Waals surface area contributed by atoms with Gasteiger partial charge in [0.25, 0.3) is 0 Å². The Balaban J connectivity index is 1.84. The van der Waals surface area contributed by atoms with Crippen LogP contribution in [-0.4, -0.2) is 24.5 Å². The number of hydrogen-bond donors (Lipinski definition) is 2. The van der Waals surface area contributed by atoms with Gasteiger partial charge in [0.1, 0.15) is 0 Å². The zero-order chi connectivity index (χ0) is 9.64. The van der Waals surface area contributed by atoms with Crippen LogP contribution in [0.4, 0.5) is 0 Å². The quantitative estimate of drug-likeness (QED) is 0.653. The zero-order valence-corrected chi connectivity index (χ0v) is 8.55. The number of hydrogen-bond acceptors (Lipinski definition) is 2. The fourth-order valence-electron chi connectivity index (χ4n) is 1.85. The molecule has 0 spiro atoms. The maximum absolute atomic E-state index is 11.7. The van der Waals surface area contributed by atoms with Crippen LogP contribution in [0.5, 0.6) is 0 Å². The van der Waals surface area contributed by atoms with Gasteiger partial charge in [-0.15, -0.1) is 0 Å². The van der Waals surface area contributed by atoms with Crippen molar-refractivity contribution in [2.75, 3.05) is 6.54 Å². The first kappa shape index (κ1) is 9.00. The lowest BCUT2D eigenvalue weighted by atomic mass is 9.77. The van der Waals surface area contributed by atoms with E-state index in [-0.39, 0.29) is 17.4 Å². The SMILES string of the molecule is CC1CC1NC(=O)C1NCC1(C)C. The molecule has 2 N–H and O–H groups in total. The molecule has 2 aliphatic rings. The highest BCUT2D eigenvalue weighted by atomic mass is 16.2. The van der Waals surface area contributed by atoms with Crippen molar-refractivity contribution in [3.05, 3.63) is 0 Å². The maximum atomic E-state index is 11.7. The van der Waals surface area contributed by atoms with E-state index in [0.717, 1.165) is 13.0 Å². The van der Waals surface area contributed by atoms with Crippen LogP contribution in [-0.2, 0) is 4.79 Å². The van der Waals surface area contributed by atoms with Gasteiger partial charge >= 0.3 is 0 Å². The van der Waals surface area contributed by atoms with Crippen molar-refractivity contribution in [3.63, 3.8) is 0 Å². The molecule has 1 saturated heterocycles. The highest BCUT2D eigenvalue weighted by molar-refractivity contribution is 5.84. The van der Waals surface area contributed by atoms with E-state index in [4.69, 9.17) is 0 Å². The fraction of sp³-hybridized carbons (Fsp3) is 0.900. The molecule has 0 aromatic rings. The summed E-state index contributed by atoms with van der Waals surface area (Å²) in [6, 6.07) is 0.478. The van der Waals surface area contributed by atoms with Crippen LogP contribution in [0, 0.1) is 11.3 Å². The third-order valence-corrected chi connectivity index (χ3v) is 3.24. The van der Waals surface area contributed by atoms with Crippen molar-refractivity contribution < 1.29 is 4.79 Å². The zero-order valence-electron chi connectivity index (χ0n) is 8.55. The van der Waals surface area contributed by atoms with E-state index in [1.165, 1.54) is 0 Å². The Morgan fingerprint density at radius 3 is 2.46 bits per heavy atom. The standard InChI is InChI=1S/C10H18N2O/c1-6-4-7(6)12-9(13)8-10(2,3)5-11-8/h6-8,11H,4-5H2,1-3H3,(H,12,13). The Morgan fingerprint density at radius 2 is 2.15 bits per heavy atom. The Morgan fingerprint density at radius 1 is 1.54 bits per heavy atom. The van der Waals surface area contributed by atoms with Gasteiger partial charge in [-0.05, 0) is 12.3 Å². The Kier molecular flexibility index (Phi) is 1.88. The summed E-state index contributed by atoms with van der Waals surface area (Å²) in [5, 5.41) is 6.23. The molecule has 0 radical (unpaired) electrons. The molecule has 3 unspecified atom stereocenters. The second-order valence-electron chi connectivity index (χ2n) is 5.13. The molecular weight excluding hydrogens is 164 g/mol. The minimum Gasteiger partial charge on any atom is -0.352 e. The van der Waals surface area contributed by atoms with Crippen LogP contribution in [0.15, 0.2) is 0 Å². The topological polar surface area (TPSA) is 41.1 Å². The molecule has 1 aliphatic heterocycles. The van der Waals surface area contributed by atoms with E-state index in [9.17, 15) is 4.79 Å². The van der Waals surface area contributed by atoms with E-state index >= 15 is 0 Å². The third kappa shape index (κ3) is 1.57. The van der Waals surface area contributed by atoms with E-state index in [1.807, 2.05) is 0 Å². The van der Waals surface area contributed by atoms with Crippen molar-refractivity contribution >= 4 is 5.91 Å². The van der Waals surface area contributed by atoms with Crippen molar-refractivity contribution in [2.45, 2.75) is 39.3 Å². The molecule has 1 amide bonds. The van der Waals surface area contributed by atoms with E-state index < -0.39 is 0 Å². The van der Waals surface area contributed by atoms with Crippen molar-refractivity contribution in [1.29, 1.82) is 0 Å². The second-order valence-corrected chi connectivity index (χ2v) is 5.13. The Labute approximate surface area is 79.3 Å². The lowest BCUT2D eigenvalue weighted by Crippen LogP contribution is -2.65. The number of carbonyl (C=O) groups is 1. The van der Waals surface area contributed by atoms with Gasteiger partial charge in [-0.25, -0.2) is 0 Å². The Bertz CT molecular complexity index is 237. The summed E-state index contributed by atoms with van der Waals surface area (Å²) in [7, 11) is 0. The minimum atomic E-state index is 0.0281. The van der Waals surface area contributed by atoms with Crippen LogP contribution in [0.1, 0.15) is 27.2 Å². The van der Waals surface area contributed by atoms with Gasteiger partial charge in [0.15, 0.2) is 0 Å². The van der Waals surface area contributed by atoms with Crippen LogP contribution in [0.3, 0.4) is 0 Å². The van der Waals surface area contributed by atoms with Crippen LogP contribution in [0.2, 0.25) is 0 Å². The first-order valence-corrected chi connectivity index (χ1v) is 5.04. The van der Waals surface area contributed by atoms with Gasteiger partial charge < -0.3 is 10.6 Å². The van der Waals surface area contributed by atoms with Gasteiger partial charge in [0, 0.05) is 18.0 Å². The van der Waals surface area contributed by atoms with Gasteiger partial charge in [-0.3, -0.25) is 4.79 Å². The van der Waals surface area contributed by atoms with Gasteiger partial charge in [-0.1, -0.05) is 20.8 Å². The van der Waals surface area contributed by atoms with Crippen LogP contribution < -0.4 is 10.6 Å². The number of amides is 1. The molecule has 3 nitrogen and oxygen atoms in total. The molecule has 3 atom stereocenters. The van der Waals surface area contributed by atoms with E-state index in [1.54, 1.807) is 0 Å². The smallest absolute Gasteiger partial charge is 0.237 e. The monoisotopic (exact) mass is 182 g/mol. The molecule has 1 saturated carbocycles. The largest absolute Gasteiger partial charge is 0.352 e. The van der Waals surface area contributed by atoms with Crippen LogP contribution in [0.25, 0.3) is 0 Å². The molecule has 3 heteroatoms. The van der Waals surface area contributed by atoms with Gasteiger partial charge in [-0.2, -0.15) is 0 Å². The number of carbonyl (C=O) groups excluding carboxylic acids is 1. The van der Waals surface area contributed by atoms with Crippen molar-refractivity contribution in [1.82, 2.24) is 10.6 Å². The summed E-state index contributed by atoms with van der Waals surface area (Å²) in [4.78, 5) is 11.7. The average molecular weight is 182 g/mol. The molecular formula is C10H18N2O. The highest BCUT2D eigenvalue weighted by Crippen LogP contribution is 2.32. The minimum absolute atomic E-state index is 0.0281. The fourth-order valence-corrected chi connectivity index (χ4v) is 1.85. The average Bonchev–Trinajstić information content (AvgIpc) is 2.64. The first-order chi connectivity index (χ1) is 6.00. The summed E-state index contributed by atoms with van der Waals surface area (Å²) in [6.07, 6.45) is 1.15. The molecule has 0 aromatic heterocycles. The highest BCUT2D eigenvalue weighted by Gasteiger charge is 2.45. The van der Waals surface area contributed by atoms with Crippen molar-refractivity contribution in [3.8, 4) is 0 Å². The lowest BCUT2D eigenvalue weighted by molar-refractivity contribution is -0.129. The molecule has 2 fully saturated rings. The first-order valence-electron chi connectivity index (χ1n) is 5.04. The summed E-state index contributed by atoms with van der Waals surface area (Å²) < 4.78 is 0.